The molecule has 0 fully saturated rings. The number of nitrogens with one attached hydrogen (secondary N) is 1. The van der Waals surface area contributed by atoms with Gasteiger partial charge in [-0.05, 0) is 31.2 Å². The lowest BCUT2D eigenvalue weighted by Crippen LogP contribution is -2.22. The molecule has 2 N–H and O–H groups in total. The molecular formula is C14H13NO4S. The van der Waals surface area contributed by atoms with Gasteiger partial charge in [0.15, 0.2) is 5.09 Å². The number of carbonyl (C=O) groups is 2. The van der Waals surface area contributed by atoms with Gasteiger partial charge in [-0.15, -0.1) is 0 Å². The van der Waals surface area contributed by atoms with Gasteiger partial charge in [0.1, 0.15) is 0 Å². The Morgan fingerprint density at radius 3 is 2.50 bits per heavy atom. The van der Waals surface area contributed by atoms with Crippen molar-refractivity contribution in [3.63, 3.8) is 0 Å². The number of rotatable bonds is 5. The molecule has 0 aliphatic heterocycles. The van der Waals surface area contributed by atoms with Crippen molar-refractivity contribution in [3.8, 4) is 0 Å². The number of hydrogen-bond donors (Lipinski definition) is 2. The number of aromatic carboxylic acids is 1. The summed E-state index contributed by atoms with van der Waals surface area (Å²) < 4.78 is 5.10. The molecule has 1 aromatic carbocycles. The second kappa shape index (κ2) is 6.29. The van der Waals surface area contributed by atoms with E-state index in [2.05, 4.69) is 5.32 Å². The van der Waals surface area contributed by atoms with E-state index in [0.29, 0.717) is 5.09 Å². The van der Waals surface area contributed by atoms with Crippen molar-refractivity contribution in [2.75, 3.05) is 5.32 Å². The molecular weight excluding hydrogens is 278 g/mol. The Morgan fingerprint density at radius 1 is 1.20 bits per heavy atom. The van der Waals surface area contributed by atoms with Crippen LogP contribution in [0.1, 0.15) is 17.5 Å². The summed E-state index contributed by atoms with van der Waals surface area (Å²) in [6.45, 7) is 1.73. The van der Waals surface area contributed by atoms with E-state index in [1.807, 2.05) is 18.2 Å². The lowest BCUT2D eigenvalue weighted by molar-refractivity contribution is -0.115. The zero-order chi connectivity index (χ0) is 14.5. The molecule has 0 saturated heterocycles. The smallest absolute Gasteiger partial charge is 0.371 e. The van der Waals surface area contributed by atoms with Crippen molar-refractivity contribution in [1.29, 1.82) is 0 Å². The average Bonchev–Trinajstić information content (AvgIpc) is 2.88. The fourth-order valence-electron chi connectivity index (χ4n) is 1.49. The third kappa shape index (κ3) is 3.64. The molecule has 2 rings (SSSR count). The van der Waals surface area contributed by atoms with Crippen LogP contribution in [0.4, 0.5) is 5.69 Å². The summed E-state index contributed by atoms with van der Waals surface area (Å²) in [5, 5.41) is 11.5. The largest absolute Gasteiger partial charge is 0.475 e. The summed E-state index contributed by atoms with van der Waals surface area (Å²) in [6.07, 6.45) is 0. The maximum atomic E-state index is 12.0. The minimum Gasteiger partial charge on any atom is -0.475 e. The van der Waals surface area contributed by atoms with Crippen LogP contribution in [0.15, 0.2) is 52.0 Å². The van der Waals surface area contributed by atoms with Gasteiger partial charge in [-0.2, -0.15) is 0 Å². The van der Waals surface area contributed by atoms with Crippen LogP contribution in [0.2, 0.25) is 0 Å². The number of carboxylic acids is 1. The second-order valence-corrected chi connectivity index (χ2v) is 5.38. The Labute approximate surface area is 120 Å². The molecule has 104 valence electrons. The van der Waals surface area contributed by atoms with Gasteiger partial charge in [0, 0.05) is 5.69 Å². The number of benzene rings is 1. The molecule has 1 heterocycles. The van der Waals surface area contributed by atoms with Gasteiger partial charge >= 0.3 is 5.97 Å². The van der Waals surface area contributed by atoms with E-state index in [0.717, 1.165) is 5.69 Å². The van der Waals surface area contributed by atoms with Crippen LogP contribution in [-0.4, -0.2) is 22.2 Å². The summed E-state index contributed by atoms with van der Waals surface area (Å²) in [6, 6.07) is 12.0. The molecule has 1 aromatic heterocycles. The number of hydrogen-bond acceptors (Lipinski definition) is 4. The maximum Gasteiger partial charge on any atom is 0.371 e. The molecule has 2 aromatic rings. The fraction of sp³-hybridized carbons (Fsp3) is 0.143. The normalized spacial score (nSPS) is 11.8. The third-order valence-electron chi connectivity index (χ3n) is 2.50. The van der Waals surface area contributed by atoms with Crippen LogP contribution in [0.3, 0.4) is 0 Å². The highest BCUT2D eigenvalue weighted by Gasteiger charge is 2.17. The van der Waals surface area contributed by atoms with Gasteiger partial charge in [0.05, 0.1) is 5.25 Å². The van der Waals surface area contributed by atoms with Gasteiger partial charge in [-0.3, -0.25) is 4.79 Å². The van der Waals surface area contributed by atoms with Crippen LogP contribution < -0.4 is 5.32 Å². The van der Waals surface area contributed by atoms with E-state index >= 15 is 0 Å². The first-order valence-corrected chi connectivity index (χ1v) is 6.80. The summed E-state index contributed by atoms with van der Waals surface area (Å²) >= 11 is 1.17. The predicted octanol–water partition coefficient (Wildman–Crippen LogP) is 3.10. The molecule has 0 aliphatic rings. The second-order valence-electron chi connectivity index (χ2n) is 4.04. The van der Waals surface area contributed by atoms with Crippen molar-refractivity contribution >= 4 is 29.3 Å². The minimum absolute atomic E-state index is 0.136. The highest BCUT2D eigenvalue weighted by molar-refractivity contribution is 8.00. The molecule has 1 unspecified atom stereocenters. The zero-order valence-corrected chi connectivity index (χ0v) is 11.5. The van der Waals surface area contributed by atoms with Crippen LogP contribution in [0, 0.1) is 0 Å². The lowest BCUT2D eigenvalue weighted by atomic mass is 10.3. The van der Waals surface area contributed by atoms with E-state index in [9.17, 15) is 9.59 Å². The highest BCUT2D eigenvalue weighted by atomic mass is 32.2. The number of amides is 1. The van der Waals surface area contributed by atoms with Crippen molar-refractivity contribution in [3.05, 3.63) is 48.2 Å². The summed E-state index contributed by atoms with van der Waals surface area (Å²) in [7, 11) is 0. The summed E-state index contributed by atoms with van der Waals surface area (Å²) in [5.41, 5.74) is 0.718. The molecule has 5 nitrogen and oxygen atoms in total. The third-order valence-corrected chi connectivity index (χ3v) is 3.51. The minimum atomic E-state index is -1.13. The average molecular weight is 291 g/mol. The van der Waals surface area contributed by atoms with Gasteiger partial charge in [-0.1, -0.05) is 30.0 Å². The molecule has 1 atom stereocenters. The first-order valence-electron chi connectivity index (χ1n) is 5.92. The Balaban J connectivity index is 1.95. The van der Waals surface area contributed by atoms with Gasteiger partial charge in [0.25, 0.3) is 0 Å². The number of para-hydroxylation sites is 1. The van der Waals surface area contributed by atoms with Crippen LogP contribution >= 0.6 is 11.8 Å². The number of furan rings is 1. The lowest BCUT2D eigenvalue weighted by Gasteiger charge is -2.10. The van der Waals surface area contributed by atoms with Gasteiger partial charge in [0.2, 0.25) is 11.7 Å². The topological polar surface area (TPSA) is 79.5 Å². The molecule has 20 heavy (non-hydrogen) atoms. The Kier molecular flexibility index (Phi) is 4.47. The predicted molar refractivity (Wildman–Crippen MR) is 76.1 cm³/mol. The van der Waals surface area contributed by atoms with Crippen LogP contribution in [-0.2, 0) is 4.79 Å². The van der Waals surface area contributed by atoms with Crippen molar-refractivity contribution in [1.82, 2.24) is 0 Å². The molecule has 0 aliphatic carbocycles. The summed E-state index contributed by atoms with van der Waals surface area (Å²) in [5.74, 6) is -1.43. The maximum absolute atomic E-state index is 12.0. The Bertz CT molecular complexity index is 609. The van der Waals surface area contributed by atoms with Crippen molar-refractivity contribution < 1.29 is 19.1 Å². The SMILES string of the molecule is CC(Sc1ccc(C(=O)O)o1)C(=O)Nc1ccccc1. The molecule has 0 saturated carbocycles. The van der Waals surface area contributed by atoms with Gasteiger partial charge in [-0.25, -0.2) is 4.79 Å². The summed E-state index contributed by atoms with van der Waals surface area (Å²) in [4.78, 5) is 22.7. The first kappa shape index (κ1) is 14.2. The van der Waals surface area contributed by atoms with Crippen molar-refractivity contribution in [2.45, 2.75) is 17.3 Å². The van der Waals surface area contributed by atoms with E-state index in [1.54, 1.807) is 25.1 Å². The quantitative estimate of drug-likeness (QED) is 0.827. The number of carbonyl (C=O) groups excluding carboxylic acids is 1. The monoisotopic (exact) mass is 291 g/mol. The first-order chi connectivity index (χ1) is 9.56. The Hall–Kier alpha value is -2.21. The molecule has 0 bridgehead atoms. The number of thioether (sulfide) groups is 1. The van der Waals surface area contributed by atoms with E-state index in [1.165, 1.54) is 17.8 Å². The van der Waals surface area contributed by atoms with Crippen LogP contribution in [0.25, 0.3) is 0 Å². The number of carboxylic acid groups (broad SMARTS) is 1. The molecule has 1 amide bonds. The van der Waals surface area contributed by atoms with E-state index in [4.69, 9.17) is 9.52 Å². The standard InChI is InChI=1S/C14H13NO4S/c1-9(13(16)15-10-5-3-2-4-6-10)20-12-8-7-11(19-12)14(17)18/h2-9H,1H3,(H,15,16)(H,17,18). The highest BCUT2D eigenvalue weighted by Crippen LogP contribution is 2.26. The van der Waals surface area contributed by atoms with Gasteiger partial charge < -0.3 is 14.8 Å². The number of anilines is 1. The fourth-order valence-corrected chi connectivity index (χ4v) is 2.29. The van der Waals surface area contributed by atoms with Crippen molar-refractivity contribution in [2.24, 2.45) is 0 Å². The Morgan fingerprint density at radius 2 is 1.90 bits per heavy atom. The molecule has 6 heteroatoms. The molecule has 0 radical (unpaired) electrons. The van der Waals surface area contributed by atoms with Crippen LogP contribution in [0.5, 0.6) is 0 Å². The van der Waals surface area contributed by atoms with E-state index < -0.39 is 11.2 Å². The van der Waals surface area contributed by atoms with E-state index in [-0.39, 0.29) is 11.7 Å². The zero-order valence-electron chi connectivity index (χ0n) is 10.7. The molecule has 0 spiro atoms.